The Hall–Kier alpha value is -2.71. The SMILES string of the molecule is COCCOc1ccc(/C=N/N(C)C2=NS(=O)(=O)c3ccccc32)cc1. The van der Waals surface area contributed by atoms with Crippen molar-refractivity contribution in [1.29, 1.82) is 0 Å². The van der Waals surface area contributed by atoms with Crippen LogP contribution < -0.4 is 4.74 Å². The Morgan fingerprint density at radius 3 is 2.58 bits per heavy atom. The van der Waals surface area contributed by atoms with Crippen LogP contribution in [0, 0.1) is 0 Å². The summed E-state index contributed by atoms with van der Waals surface area (Å²) in [5.74, 6) is 1.05. The van der Waals surface area contributed by atoms with Gasteiger partial charge < -0.3 is 9.47 Å². The molecule has 0 radical (unpaired) electrons. The van der Waals surface area contributed by atoms with E-state index in [4.69, 9.17) is 9.47 Å². The monoisotopic (exact) mass is 373 g/mol. The molecule has 1 heterocycles. The molecule has 0 spiro atoms. The minimum atomic E-state index is -3.65. The van der Waals surface area contributed by atoms with E-state index < -0.39 is 10.0 Å². The van der Waals surface area contributed by atoms with Gasteiger partial charge in [0.1, 0.15) is 17.3 Å². The van der Waals surface area contributed by atoms with E-state index >= 15 is 0 Å². The number of amidine groups is 1. The Labute approximate surface area is 152 Å². The van der Waals surface area contributed by atoms with E-state index in [1.54, 1.807) is 44.6 Å². The van der Waals surface area contributed by atoms with E-state index in [1.165, 1.54) is 5.01 Å². The van der Waals surface area contributed by atoms with Crippen molar-refractivity contribution < 1.29 is 17.9 Å². The number of hydrogen-bond acceptors (Lipinski definition) is 6. The molecule has 0 N–H and O–H groups in total. The second-order valence-electron chi connectivity index (χ2n) is 5.56. The number of fused-ring (bicyclic) bond motifs is 1. The van der Waals surface area contributed by atoms with Gasteiger partial charge in [-0.05, 0) is 42.0 Å². The standard InChI is InChI=1S/C18H19N3O4S/c1-21(18-16-5-3-4-6-17(16)26(22,23)20-18)19-13-14-7-9-15(10-8-14)25-12-11-24-2/h3-10,13H,11-12H2,1-2H3/b19-13+. The van der Waals surface area contributed by atoms with E-state index in [2.05, 4.69) is 9.50 Å². The van der Waals surface area contributed by atoms with E-state index in [1.807, 2.05) is 24.3 Å². The Bertz CT molecular complexity index is 937. The fourth-order valence-corrected chi connectivity index (χ4v) is 3.65. The van der Waals surface area contributed by atoms with Gasteiger partial charge in [0.05, 0.1) is 12.8 Å². The molecule has 0 amide bonds. The Balaban J connectivity index is 1.71. The quantitative estimate of drug-likeness (QED) is 0.440. The van der Waals surface area contributed by atoms with Crippen molar-refractivity contribution in [2.45, 2.75) is 4.90 Å². The van der Waals surface area contributed by atoms with Gasteiger partial charge in [0, 0.05) is 19.7 Å². The lowest BCUT2D eigenvalue weighted by atomic mass is 10.2. The van der Waals surface area contributed by atoms with Crippen molar-refractivity contribution in [2.24, 2.45) is 9.50 Å². The number of methoxy groups -OCH3 is 1. The van der Waals surface area contributed by atoms with Gasteiger partial charge in [-0.1, -0.05) is 12.1 Å². The maximum absolute atomic E-state index is 12.1. The zero-order valence-electron chi connectivity index (χ0n) is 14.5. The summed E-state index contributed by atoms with van der Waals surface area (Å²) in [5, 5.41) is 5.75. The van der Waals surface area contributed by atoms with Gasteiger partial charge in [0.15, 0.2) is 5.84 Å². The van der Waals surface area contributed by atoms with Crippen LogP contribution in [0.3, 0.4) is 0 Å². The maximum Gasteiger partial charge on any atom is 0.285 e. The summed E-state index contributed by atoms with van der Waals surface area (Å²) in [6.07, 6.45) is 1.63. The van der Waals surface area contributed by atoms with Crippen LogP contribution in [0.4, 0.5) is 0 Å². The van der Waals surface area contributed by atoms with Crippen molar-refractivity contribution in [1.82, 2.24) is 5.01 Å². The average Bonchev–Trinajstić information content (AvgIpc) is 2.93. The molecular formula is C18H19N3O4S. The first-order valence-corrected chi connectivity index (χ1v) is 9.39. The first-order chi connectivity index (χ1) is 12.5. The highest BCUT2D eigenvalue weighted by Gasteiger charge is 2.30. The van der Waals surface area contributed by atoms with Crippen LogP contribution >= 0.6 is 0 Å². The summed E-state index contributed by atoms with van der Waals surface area (Å²) in [6, 6.07) is 14.1. The summed E-state index contributed by atoms with van der Waals surface area (Å²) < 4.78 is 38.5. The van der Waals surface area contributed by atoms with Crippen LogP contribution in [0.5, 0.6) is 5.75 Å². The third-order valence-electron chi connectivity index (χ3n) is 3.74. The van der Waals surface area contributed by atoms with Crippen LogP contribution in [-0.4, -0.2) is 52.8 Å². The smallest absolute Gasteiger partial charge is 0.285 e. The zero-order valence-corrected chi connectivity index (χ0v) is 15.3. The van der Waals surface area contributed by atoms with Gasteiger partial charge in [-0.15, -0.1) is 4.40 Å². The van der Waals surface area contributed by atoms with Gasteiger partial charge in [-0.2, -0.15) is 13.5 Å². The Morgan fingerprint density at radius 2 is 1.85 bits per heavy atom. The number of benzene rings is 2. The van der Waals surface area contributed by atoms with Crippen molar-refractivity contribution in [3.8, 4) is 5.75 Å². The van der Waals surface area contributed by atoms with Crippen LogP contribution in [0.2, 0.25) is 0 Å². The molecule has 8 heteroatoms. The molecule has 136 valence electrons. The molecule has 26 heavy (non-hydrogen) atoms. The fraction of sp³-hybridized carbons (Fsp3) is 0.222. The molecule has 0 saturated heterocycles. The molecule has 1 aliphatic rings. The molecule has 0 bridgehead atoms. The second-order valence-corrected chi connectivity index (χ2v) is 7.14. The third kappa shape index (κ3) is 3.92. The number of sulfonamides is 1. The van der Waals surface area contributed by atoms with Gasteiger partial charge in [-0.25, -0.2) is 5.01 Å². The lowest BCUT2D eigenvalue weighted by molar-refractivity contribution is 0.146. The van der Waals surface area contributed by atoms with E-state index in [-0.39, 0.29) is 4.90 Å². The van der Waals surface area contributed by atoms with Gasteiger partial charge >= 0.3 is 0 Å². The molecule has 7 nitrogen and oxygen atoms in total. The van der Waals surface area contributed by atoms with E-state index in [0.717, 1.165) is 11.3 Å². The summed E-state index contributed by atoms with van der Waals surface area (Å²) in [4.78, 5) is 0.203. The molecule has 0 aromatic heterocycles. The normalized spacial score (nSPS) is 14.9. The minimum Gasteiger partial charge on any atom is -0.491 e. The Morgan fingerprint density at radius 1 is 1.12 bits per heavy atom. The Kier molecular flexibility index (Phi) is 5.34. The van der Waals surface area contributed by atoms with E-state index in [0.29, 0.717) is 24.6 Å². The van der Waals surface area contributed by atoms with Crippen molar-refractivity contribution in [3.05, 3.63) is 59.7 Å². The highest BCUT2D eigenvalue weighted by Crippen LogP contribution is 2.26. The first-order valence-electron chi connectivity index (χ1n) is 7.95. The molecule has 1 aliphatic heterocycles. The van der Waals surface area contributed by atoms with Crippen molar-refractivity contribution >= 4 is 22.1 Å². The van der Waals surface area contributed by atoms with Crippen LogP contribution in [-0.2, 0) is 14.8 Å². The lowest BCUT2D eigenvalue weighted by Gasteiger charge is -2.12. The van der Waals surface area contributed by atoms with E-state index in [9.17, 15) is 8.42 Å². The summed E-state index contributed by atoms with van der Waals surface area (Å²) in [7, 11) is -0.369. The van der Waals surface area contributed by atoms with Crippen LogP contribution in [0.1, 0.15) is 11.1 Å². The topological polar surface area (TPSA) is 80.6 Å². The summed E-state index contributed by atoms with van der Waals surface area (Å²) in [6.45, 7) is 1.01. The predicted octanol–water partition coefficient (Wildman–Crippen LogP) is 2.13. The fourth-order valence-electron chi connectivity index (χ4n) is 2.42. The average molecular weight is 373 g/mol. The van der Waals surface area contributed by atoms with Crippen molar-refractivity contribution in [3.63, 3.8) is 0 Å². The molecule has 0 fully saturated rings. The van der Waals surface area contributed by atoms with Gasteiger partial charge in [-0.3, -0.25) is 0 Å². The maximum atomic E-state index is 12.1. The number of rotatable bonds is 6. The number of hydrazone groups is 1. The largest absolute Gasteiger partial charge is 0.491 e. The third-order valence-corrected chi connectivity index (χ3v) is 5.06. The lowest BCUT2D eigenvalue weighted by Crippen LogP contribution is -2.21. The van der Waals surface area contributed by atoms with Crippen LogP contribution in [0.15, 0.2) is 62.9 Å². The summed E-state index contributed by atoms with van der Waals surface area (Å²) in [5.41, 5.74) is 1.40. The number of hydrogen-bond donors (Lipinski definition) is 0. The summed E-state index contributed by atoms with van der Waals surface area (Å²) >= 11 is 0. The highest BCUT2D eigenvalue weighted by molar-refractivity contribution is 7.90. The minimum absolute atomic E-state index is 0.203. The molecular weight excluding hydrogens is 354 g/mol. The molecule has 0 atom stereocenters. The molecule has 2 aromatic rings. The second kappa shape index (κ2) is 7.67. The molecule has 3 rings (SSSR count). The number of nitrogens with zero attached hydrogens (tertiary/aromatic N) is 3. The van der Waals surface area contributed by atoms with Gasteiger partial charge in [0.25, 0.3) is 10.0 Å². The zero-order chi connectivity index (χ0) is 18.6. The molecule has 0 unspecified atom stereocenters. The predicted molar refractivity (Wildman–Crippen MR) is 99.3 cm³/mol. The van der Waals surface area contributed by atoms with Crippen molar-refractivity contribution in [2.75, 3.05) is 27.4 Å². The van der Waals surface area contributed by atoms with Crippen LogP contribution in [0.25, 0.3) is 0 Å². The number of ether oxygens (including phenoxy) is 2. The molecule has 0 aliphatic carbocycles. The molecule has 2 aromatic carbocycles. The highest BCUT2D eigenvalue weighted by atomic mass is 32.2. The van der Waals surface area contributed by atoms with Gasteiger partial charge in [0.2, 0.25) is 0 Å². The first kappa shape index (κ1) is 18.1. The molecule has 0 saturated carbocycles.